The number of hydrogen-bond donors (Lipinski definition) is 3. The van der Waals surface area contributed by atoms with E-state index in [4.69, 9.17) is 0 Å². The second-order valence-corrected chi connectivity index (χ2v) is 4.43. The first-order valence-corrected chi connectivity index (χ1v) is 5.53. The first kappa shape index (κ1) is 10.7. The highest BCUT2D eigenvalue weighted by atomic mass is 16.4. The summed E-state index contributed by atoms with van der Waals surface area (Å²) in [6.07, 6.45) is 3.72. The van der Waals surface area contributed by atoms with Crippen molar-refractivity contribution >= 4 is 18.2 Å². The molecular formula is C10H12BN3O3. The number of nitrogens with zero attached hydrogens (tertiary/aromatic N) is 3. The lowest BCUT2D eigenvalue weighted by molar-refractivity contribution is -0.0443. The SMILES string of the molecule is OB(O)c1ccc(C2(O)CCC2)n2ncnc12. The summed E-state index contributed by atoms with van der Waals surface area (Å²) in [6.45, 7) is 0. The Morgan fingerprint density at radius 3 is 2.65 bits per heavy atom. The van der Waals surface area contributed by atoms with Crippen molar-refractivity contribution in [3.63, 3.8) is 0 Å². The molecule has 6 nitrogen and oxygen atoms in total. The first-order chi connectivity index (χ1) is 8.12. The van der Waals surface area contributed by atoms with Crippen LogP contribution in [0.2, 0.25) is 0 Å². The molecule has 88 valence electrons. The molecule has 0 aliphatic heterocycles. The summed E-state index contributed by atoms with van der Waals surface area (Å²) >= 11 is 0. The molecule has 3 N–H and O–H groups in total. The van der Waals surface area contributed by atoms with Crippen molar-refractivity contribution in [3.05, 3.63) is 24.2 Å². The van der Waals surface area contributed by atoms with E-state index < -0.39 is 12.7 Å². The monoisotopic (exact) mass is 233 g/mol. The molecule has 0 unspecified atom stereocenters. The first-order valence-electron chi connectivity index (χ1n) is 5.53. The largest absolute Gasteiger partial charge is 0.492 e. The summed E-state index contributed by atoms with van der Waals surface area (Å²) in [4.78, 5) is 3.99. The minimum absolute atomic E-state index is 0.286. The van der Waals surface area contributed by atoms with Crippen LogP contribution in [0.15, 0.2) is 18.5 Å². The highest BCUT2D eigenvalue weighted by Crippen LogP contribution is 2.40. The van der Waals surface area contributed by atoms with E-state index in [9.17, 15) is 15.2 Å². The van der Waals surface area contributed by atoms with Gasteiger partial charge in [0.15, 0.2) is 5.65 Å². The summed E-state index contributed by atoms with van der Waals surface area (Å²) in [6, 6.07) is 3.25. The minimum Gasteiger partial charge on any atom is -0.423 e. The van der Waals surface area contributed by atoms with Crippen LogP contribution >= 0.6 is 0 Å². The van der Waals surface area contributed by atoms with Gasteiger partial charge in [-0.1, -0.05) is 6.07 Å². The van der Waals surface area contributed by atoms with Crippen LogP contribution < -0.4 is 5.46 Å². The molecule has 0 aromatic carbocycles. The second kappa shape index (κ2) is 3.53. The molecule has 3 rings (SSSR count). The van der Waals surface area contributed by atoms with Crippen LogP contribution in [0.25, 0.3) is 5.65 Å². The van der Waals surface area contributed by atoms with E-state index >= 15 is 0 Å². The maximum absolute atomic E-state index is 10.3. The van der Waals surface area contributed by atoms with Crippen LogP contribution in [-0.2, 0) is 5.60 Å². The topological polar surface area (TPSA) is 90.9 Å². The highest BCUT2D eigenvalue weighted by molar-refractivity contribution is 6.60. The fourth-order valence-corrected chi connectivity index (χ4v) is 2.25. The summed E-state index contributed by atoms with van der Waals surface area (Å²) < 4.78 is 1.48. The molecule has 0 spiro atoms. The van der Waals surface area contributed by atoms with Crippen molar-refractivity contribution in [2.24, 2.45) is 0 Å². The third kappa shape index (κ3) is 1.47. The van der Waals surface area contributed by atoms with Crippen molar-refractivity contribution < 1.29 is 15.2 Å². The van der Waals surface area contributed by atoms with Crippen LogP contribution in [-0.4, -0.2) is 36.9 Å². The number of fused-ring (bicyclic) bond motifs is 1. The Balaban J connectivity index is 2.22. The molecule has 0 saturated heterocycles. The van der Waals surface area contributed by atoms with Crippen molar-refractivity contribution in [1.82, 2.24) is 14.6 Å². The van der Waals surface area contributed by atoms with Gasteiger partial charge in [-0.05, 0) is 25.3 Å². The average Bonchev–Trinajstić information content (AvgIpc) is 2.72. The van der Waals surface area contributed by atoms with Gasteiger partial charge in [0.25, 0.3) is 0 Å². The van der Waals surface area contributed by atoms with Gasteiger partial charge in [-0.2, -0.15) is 5.10 Å². The highest BCUT2D eigenvalue weighted by Gasteiger charge is 2.39. The Bertz CT molecular complexity index is 565. The Kier molecular flexibility index (Phi) is 2.22. The summed E-state index contributed by atoms with van der Waals surface area (Å²) in [5.74, 6) is 0. The van der Waals surface area contributed by atoms with Gasteiger partial charge < -0.3 is 15.2 Å². The molecule has 1 saturated carbocycles. The van der Waals surface area contributed by atoms with Crippen LogP contribution in [0.1, 0.15) is 25.0 Å². The number of aliphatic hydroxyl groups is 1. The summed E-state index contributed by atoms with van der Waals surface area (Å²) in [5, 5.41) is 32.8. The second-order valence-electron chi connectivity index (χ2n) is 4.43. The molecule has 0 radical (unpaired) electrons. The number of rotatable bonds is 2. The van der Waals surface area contributed by atoms with Gasteiger partial charge in [-0.25, -0.2) is 9.50 Å². The fraction of sp³-hybridized carbons (Fsp3) is 0.400. The zero-order valence-electron chi connectivity index (χ0n) is 9.11. The average molecular weight is 233 g/mol. The lowest BCUT2D eigenvalue weighted by atomic mass is 9.76. The zero-order valence-corrected chi connectivity index (χ0v) is 9.11. The number of hydrogen-bond acceptors (Lipinski definition) is 5. The van der Waals surface area contributed by atoms with Gasteiger partial charge in [-0.15, -0.1) is 0 Å². The predicted octanol–water partition coefficient (Wildman–Crippen LogP) is -1.22. The van der Waals surface area contributed by atoms with Crippen molar-refractivity contribution in [3.8, 4) is 0 Å². The lowest BCUT2D eigenvalue weighted by Crippen LogP contribution is -2.38. The van der Waals surface area contributed by atoms with Crippen molar-refractivity contribution in [2.45, 2.75) is 24.9 Å². The molecule has 7 heteroatoms. The molecule has 1 aliphatic carbocycles. The van der Waals surface area contributed by atoms with Gasteiger partial charge in [-0.3, -0.25) is 0 Å². The zero-order chi connectivity index (χ0) is 12.0. The van der Waals surface area contributed by atoms with E-state index in [1.807, 2.05) is 0 Å². The fourth-order valence-electron chi connectivity index (χ4n) is 2.25. The van der Waals surface area contributed by atoms with Gasteiger partial charge in [0, 0.05) is 5.46 Å². The smallest absolute Gasteiger partial charge is 0.423 e. The Morgan fingerprint density at radius 1 is 1.29 bits per heavy atom. The molecule has 2 aromatic heterocycles. The predicted molar refractivity (Wildman–Crippen MR) is 60.6 cm³/mol. The molecule has 1 aliphatic rings. The van der Waals surface area contributed by atoms with Gasteiger partial charge in [0.1, 0.15) is 11.9 Å². The summed E-state index contributed by atoms with van der Waals surface area (Å²) in [7, 11) is -1.59. The molecule has 0 bridgehead atoms. The van der Waals surface area contributed by atoms with E-state index in [1.54, 1.807) is 12.1 Å². The van der Waals surface area contributed by atoms with Crippen molar-refractivity contribution in [2.75, 3.05) is 0 Å². The van der Waals surface area contributed by atoms with E-state index in [0.717, 1.165) is 6.42 Å². The van der Waals surface area contributed by atoms with Gasteiger partial charge in [0.05, 0.1) is 5.69 Å². The lowest BCUT2D eigenvalue weighted by Gasteiger charge is -2.36. The Labute approximate surface area is 97.7 Å². The van der Waals surface area contributed by atoms with E-state index in [0.29, 0.717) is 24.2 Å². The Morgan fingerprint density at radius 2 is 2.06 bits per heavy atom. The minimum atomic E-state index is -1.59. The number of aromatic nitrogens is 3. The third-order valence-electron chi connectivity index (χ3n) is 3.39. The van der Waals surface area contributed by atoms with Crippen LogP contribution in [0.5, 0.6) is 0 Å². The van der Waals surface area contributed by atoms with Crippen LogP contribution in [0, 0.1) is 0 Å². The normalized spacial score (nSPS) is 18.1. The van der Waals surface area contributed by atoms with Crippen LogP contribution in [0.4, 0.5) is 0 Å². The number of pyridine rings is 1. The van der Waals surface area contributed by atoms with Crippen molar-refractivity contribution in [1.29, 1.82) is 0 Å². The van der Waals surface area contributed by atoms with E-state index in [1.165, 1.54) is 10.8 Å². The maximum atomic E-state index is 10.3. The molecule has 2 heterocycles. The molecule has 1 fully saturated rings. The molecular weight excluding hydrogens is 221 g/mol. The Hall–Kier alpha value is -1.44. The van der Waals surface area contributed by atoms with Gasteiger partial charge in [0.2, 0.25) is 0 Å². The quantitative estimate of drug-likeness (QED) is 0.565. The summed E-state index contributed by atoms with van der Waals surface area (Å²) in [5.41, 5.74) is 0.456. The van der Waals surface area contributed by atoms with Gasteiger partial charge >= 0.3 is 7.12 Å². The van der Waals surface area contributed by atoms with E-state index in [-0.39, 0.29) is 5.46 Å². The standard InChI is InChI=1S/C10H12BN3O3/c15-10(4-1-5-10)8-3-2-7(11(16)17)9-12-6-13-14(8)9/h2-3,6,15-17H,1,4-5H2. The third-order valence-corrected chi connectivity index (χ3v) is 3.39. The van der Waals surface area contributed by atoms with Crippen LogP contribution in [0.3, 0.4) is 0 Å². The molecule has 0 amide bonds. The molecule has 17 heavy (non-hydrogen) atoms. The molecule has 2 aromatic rings. The maximum Gasteiger partial charge on any atom is 0.492 e. The van der Waals surface area contributed by atoms with E-state index in [2.05, 4.69) is 10.1 Å². The molecule has 0 atom stereocenters.